The highest BCUT2D eigenvalue weighted by atomic mass is 35.5. The molecule has 0 radical (unpaired) electrons. The van der Waals surface area contributed by atoms with Crippen LogP contribution in [0.3, 0.4) is 0 Å². The number of aryl methyl sites for hydroxylation is 1. The largest absolute Gasteiger partial charge is 0.304 e. The molecule has 0 aliphatic heterocycles. The standard InChI is InChI=1S/C26H22ClN3O3S2/c1-4-16-30-24-18(2)22(27)14-15-23(24)34-26(30)28-25(31)20-10-12-21(13-11-20)35(32,33)29(3)17-19-8-6-5-7-9-19/h1,5-15H,16-17H2,2-3H3. The van der Waals surface area contributed by atoms with Crippen molar-refractivity contribution >= 4 is 49.1 Å². The number of amides is 1. The zero-order valence-corrected chi connectivity index (χ0v) is 21.5. The predicted octanol–water partition coefficient (Wildman–Crippen LogP) is 4.86. The summed E-state index contributed by atoms with van der Waals surface area (Å²) in [7, 11) is -2.20. The minimum Gasteiger partial charge on any atom is -0.304 e. The molecule has 0 fully saturated rings. The first kappa shape index (κ1) is 24.9. The summed E-state index contributed by atoms with van der Waals surface area (Å²) in [5.41, 5.74) is 2.85. The lowest BCUT2D eigenvalue weighted by Crippen LogP contribution is -2.26. The Bertz CT molecular complexity index is 1610. The van der Waals surface area contributed by atoms with Crippen LogP contribution in [0.25, 0.3) is 10.2 Å². The van der Waals surface area contributed by atoms with E-state index in [2.05, 4.69) is 10.9 Å². The molecule has 0 bridgehead atoms. The fourth-order valence-electron chi connectivity index (χ4n) is 3.67. The van der Waals surface area contributed by atoms with Gasteiger partial charge in [0.15, 0.2) is 4.80 Å². The normalized spacial score (nSPS) is 12.3. The van der Waals surface area contributed by atoms with E-state index in [0.29, 0.717) is 9.82 Å². The molecule has 0 aliphatic rings. The van der Waals surface area contributed by atoms with Gasteiger partial charge in [0.1, 0.15) is 0 Å². The molecule has 6 nitrogen and oxygen atoms in total. The number of hydrogen-bond donors (Lipinski definition) is 0. The molecule has 4 rings (SSSR count). The minimum atomic E-state index is -3.72. The van der Waals surface area contributed by atoms with Crippen LogP contribution in [0.1, 0.15) is 21.5 Å². The van der Waals surface area contributed by atoms with Gasteiger partial charge in [0.25, 0.3) is 5.91 Å². The van der Waals surface area contributed by atoms with Crippen molar-refractivity contribution in [2.24, 2.45) is 4.99 Å². The van der Waals surface area contributed by atoms with Crippen LogP contribution in [-0.2, 0) is 23.1 Å². The predicted molar refractivity (Wildman–Crippen MR) is 140 cm³/mol. The molecule has 1 heterocycles. The van der Waals surface area contributed by atoms with E-state index in [0.717, 1.165) is 21.3 Å². The summed E-state index contributed by atoms with van der Waals surface area (Å²) >= 11 is 7.62. The van der Waals surface area contributed by atoms with E-state index in [1.807, 2.05) is 43.3 Å². The van der Waals surface area contributed by atoms with Gasteiger partial charge in [-0.2, -0.15) is 9.30 Å². The first-order chi connectivity index (χ1) is 16.7. The molecule has 1 amide bonds. The number of rotatable bonds is 6. The van der Waals surface area contributed by atoms with Gasteiger partial charge in [-0.1, -0.05) is 59.2 Å². The van der Waals surface area contributed by atoms with Crippen LogP contribution >= 0.6 is 22.9 Å². The van der Waals surface area contributed by atoms with E-state index >= 15 is 0 Å². The molecule has 0 unspecified atom stereocenters. The number of benzene rings is 3. The average molecular weight is 524 g/mol. The highest BCUT2D eigenvalue weighted by Gasteiger charge is 2.21. The summed E-state index contributed by atoms with van der Waals surface area (Å²) < 4.78 is 29.9. The number of halogens is 1. The van der Waals surface area contributed by atoms with Crippen LogP contribution in [0, 0.1) is 19.3 Å². The van der Waals surface area contributed by atoms with Crippen molar-refractivity contribution in [3.63, 3.8) is 0 Å². The molecule has 178 valence electrons. The lowest BCUT2D eigenvalue weighted by Gasteiger charge is -2.17. The van der Waals surface area contributed by atoms with Gasteiger partial charge in [-0.3, -0.25) is 4.79 Å². The van der Waals surface area contributed by atoms with Crippen molar-refractivity contribution in [2.75, 3.05) is 7.05 Å². The van der Waals surface area contributed by atoms with Gasteiger partial charge < -0.3 is 4.57 Å². The van der Waals surface area contributed by atoms with Crippen LogP contribution in [0.4, 0.5) is 0 Å². The van der Waals surface area contributed by atoms with Crippen molar-refractivity contribution in [2.45, 2.75) is 24.9 Å². The number of aromatic nitrogens is 1. The van der Waals surface area contributed by atoms with Crippen molar-refractivity contribution in [1.29, 1.82) is 0 Å². The monoisotopic (exact) mass is 523 g/mol. The number of terminal acetylenes is 1. The summed E-state index contributed by atoms with van der Waals surface area (Å²) in [6.07, 6.45) is 5.55. The second kappa shape index (κ2) is 10.2. The summed E-state index contributed by atoms with van der Waals surface area (Å²) in [5, 5.41) is 0.605. The number of hydrogen-bond acceptors (Lipinski definition) is 4. The third-order valence-corrected chi connectivity index (χ3v) is 8.80. The zero-order chi connectivity index (χ0) is 25.2. The summed E-state index contributed by atoms with van der Waals surface area (Å²) in [6, 6.07) is 18.8. The number of sulfonamides is 1. The number of nitrogens with zero attached hydrogens (tertiary/aromatic N) is 3. The summed E-state index contributed by atoms with van der Waals surface area (Å²) in [6.45, 7) is 2.37. The molecule has 0 aliphatic carbocycles. The van der Waals surface area contributed by atoms with E-state index < -0.39 is 15.9 Å². The third-order valence-electron chi connectivity index (χ3n) is 5.53. The Labute approximate surface area is 213 Å². The SMILES string of the molecule is C#CCn1c(=NC(=O)c2ccc(S(=O)(=O)N(C)Cc3ccccc3)cc2)sc2ccc(Cl)c(C)c21. The highest BCUT2D eigenvalue weighted by molar-refractivity contribution is 7.89. The topological polar surface area (TPSA) is 71.7 Å². The lowest BCUT2D eigenvalue weighted by molar-refractivity contribution is 0.0998. The van der Waals surface area contributed by atoms with Crippen LogP contribution in [0.2, 0.25) is 5.02 Å². The Morgan fingerprint density at radius 2 is 1.80 bits per heavy atom. The van der Waals surface area contributed by atoms with Crippen LogP contribution in [-0.4, -0.2) is 30.2 Å². The van der Waals surface area contributed by atoms with Gasteiger partial charge in [-0.05, 0) is 54.4 Å². The number of fused-ring (bicyclic) bond motifs is 1. The molecule has 35 heavy (non-hydrogen) atoms. The lowest BCUT2D eigenvalue weighted by atomic mass is 10.2. The fraction of sp³-hybridized carbons (Fsp3) is 0.154. The van der Waals surface area contributed by atoms with E-state index in [1.54, 1.807) is 10.6 Å². The van der Waals surface area contributed by atoms with Gasteiger partial charge in [-0.25, -0.2) is 8.42 Å². The van der Waals surface area contributed by atoms with Crippen molar-refractivity contribution in [3.8, 4) is 12.3 Å². The van der Waals surface area contributed by atoms with Gasteiger partial charge in [0, 0.05) is 24.2 Å². The van der Waals surface area contributed by atoms with Crippen LogP contribution in [0.5, 0.6) is 0 Å². The molecule has 0 atom stereocenters. The molecule has 9 heteroatoms. The van der Waals surface area contributed by atoms with Crippen LogP contribution < -0.4 is 4.80 Å². The van der Waals surface area contributed by atoms with E-state index in [4.69, 9.17) is 18.0 Å². The fourth-order valence-corrected chi connectivity index (χ4v) is 6.06. The third kappa shape index (κ3) is 5.09. The van der Waals surface area contributed by atoms with Crippen molar-refractivity contribution in [3.05, 3.63) is 93.2 Å². The molecular weight excluding hydrogens is 502 g/mol. The Kier molecular flexibility index (Phi) is 7.24. The van der Waals surface area contributed by atoms with E-state index in [1.165, 1.54) is 47.0 Å². The summed E-state index contributed by atoms with van der Waals surface area (Å²) in [5.74, 6) is 2.11. The first-order valence-electron chi connectivity index (χ1n) is 10.6. The Balaban J connectivity index is 1.63. The highest BCUT2D eigenvalue weighted by Crippen LogP contribution is 2.27. The van der Waals surface area contributed by atoms with Crippen molar-refractivity contribution in [1.82, 2.24) is 8.87 Å². The number of carbonyl (C=O) groups is 1. The van der Waals surface area contributed by atoms with Gasteiger partial charge in [0.2, 0.25) is 10.0 Å². The van der Waals surface area contributed by atoms with Gasteiger partial charge in [-0.15, -0.1) is 6.42 Å². The Morgan fingerprint density at radius 1 is 1.11 bits per heavy atom. The number of carbonyl (C=O) groups excluding carboxylic acids is 1. The zero-order valence-electron chi connectivity index (χ0n) is 19.1. The molecule has 4 aromatic rings. The van der Waals surface area contributed by atoms with Gasteiger partial charge >= 0.3 is 0 Å². The number of thiazole rings is 1. The maximum atomic E-state index is 13.0. The molecule has 0 N–H and O–H groups in total. The Morgan fingerprint density at radius 3 is 2.46 bits per heavy atom. The first-order valence-corrected chi connectivity index (χ1v) is 13.3. The quantitative estimate of drug-likeness (QED) is 0.339. The average Bonchev–Trinajstić information content (AvgIpc) is 3.19. The summed E-state index contributed by atoms with van der Waals surface area (Å²) in [4.78, 5) is 17.8. The smallest absolute Gasteiger partial charge is 0.279 e. The molecule has 0 saturated heterocycles. The molecule has 0 spiro atoms. The van der Waals surface area contributed by atoms with Crippen molar-refractivity contribution < 1.29 is 13.2 Å². The minimum absolute atomic E-state index is 0.0991. The van der Waals surface area contributed by atoms with Gasteiger partial charge in [0.05, 0.1) is 21.7 Å². The molecule has 0 saturated carbocycles. The van der Waals surface area contributed by atoms with E-state index in [-0.39, 0.29) is 23.5 Å². The second-order valence-corrected chi connectivity index (χ2v) is 11.3. The Hall–Kier alpha value is -3.22. The maximum absolute atomic E-state index is 13.0. The maximum Gasteiger partial charge on any atom is 0.279 e. The second-order valence-electron chi connectivity index (χ2n) is 7.88. The molecular formula is C26H22ClN3O3S2. The van der Waals surface area contributed by atoms with Crippen LogP contribution in [0.15, 0.2) is 76.6 Å². The molecule has 3 aromatic carbocycles. The van der Waals surface area contributed by atoms with E-state index in [9.17, 15) is 13.2 Å². The molecule has 1 aromatic heterocycles.